The maximum Gasteiger partial charge on any atom is 0.130 e. The van der Waals surface area contributed by atoms with E-state index in [-0.39, 0.29) is 6.04 Å². The molecule has 4 heteroatoms. The molecule has 1 heterocycles. The van der Waals surface area contributed by atoms with Crippen molar-refractivity contribution in [2.24, 2.45) is 5.73 Å². The molecule has 0 spiro atoms. The second-order valence-corrected chi connectivity index (χ2v) is 5.87. The van der Waals surface area contributed by atoms with Crippen LogP contribution in [0.15, 0.2) is 67.0 Å². The van der Waals surface area contributed by atoms with Crippen LogP contribution in [0.1, 0.15) is 23.0 Å². The molecule has 3 rings (SSSR count). The maximum absolute atomic E-state index is 6.48. The predicted octanol–water partition coefficient (Wildman–Crippen LogP) is 3.05. The van der Waals surface area contributed by atoms with Gasteiger partial charge in [-0.25, -0.2) is 4.98 Å². The van der Waals surface area contributed by atoms with Gasteiger partial charge >= 0.3 is 0 Å². The Morgan fingerprint density at radius 3 is 2.61 bits per heavy atom. The van der Waals surface area contributed by atoms with E-state index < -0.39 is 0 Å². The molecule has 0 bridgehead atoms. The highest BCUT2D eigenvalue weighted by Gasteiger charge is 2.15. The van der Waals surface area contributed by atoms with Gasteiger partial charge in [0.2, 0.25) is 0 Å². The van der Waals surface area contributed by atoms with Crippen LogP contribution < -0.4 is 10.6 Å². The summed E-state index contributed by atoms with van der Waals surface area (Å²) in [6, 6.07) is 18.4. The first-order valence-electron chi connectivity index (χ1n) is 7.73. The normalized spacial score (nSPS) is 12.1. The lowest BCUT2D eigenvalue weighted by molar-refractivity contribution is 0.674. The molecule has 0 aliphatic rings. The van der Waals surface area contributed by atoms with Gasteiger partial charge in [0.1, 0.15) is 5.82 Å². The first-order chi connectivity index (χ1) is 11.1. The summed E-state index contributed by atoms with van der Waals surface area (Å²) >= 11 is 0. The number of aromatic nitrogens is 2. The van der Waals surface area contributed by atoms with Gasteiger partial charge in [-0.2, -0.15) is 0 Å². The Morgan fingerprint density at radius 2 is 1.87 bits per heavy atom. The summed E-state index contributed by atoms with van der Waals surface area (Å²) in [5.41, 5.74) is 9.92. The number of rotatable bonds is 5. The molecule has 3 aromatic rings. The van der Waals surface area contributed by atoms with Crippen molar-refractivity contribution in [1.29, 1.82) is 0 Å². The Bertz CT molecular complexity index is 762. The molecule has 0 aliphatic carbocycles. The van der Waals surface area contributed by atoms with Crippen molar-refractivity contribution in [1.82, 2.24) is 9.55 Å². The lowest BCUT2D eigenvalue weighted by Crippen LogP contribution is -2.19. The fourth-order valence-corrected chi connectivity index (χ4v) is 2.66. The van der Waals surface area contributed by atoms with Crippen LogP contribution in [0.2, 0.25) is 0 Å². The molecule has 1 unspecified atom stereocenters. The fourth-order valence-electron chi connectivity index (χ4n) is 2.66. The molecule has 4 nitrogen and oxygen atoms in total. The van der Waals surface area contributed by atoms with Crippen molar-refractivity contribution in [3.63, 3.8) is 0 Å². The highest BCUT2D eigenvalue weighted by atomic mass is 15.1. The zero-order chi connectivity index (χ0) is 16.2. The third-order valence-electron chi connectivity index (χ3n) is 3.97. The summed E-state index contributed by atoms with van der Waals surface area (Å²) < 4.78 is 2.11. The molecule has 1 aromatic heterocycles. The smallest absolute Gasteiger partial charge is 0.130 e. The van der Waals surface area contributed by atoms with Gasteiger partial charge in [0.05, 0.1) is 6.04 Å². The summed E-state index contributed by atoms with van der Waals surface area (Å²) in [7, 11) is 4.06. The molecule has 0 amide bonds. The van der Waals surface area contributed by atoms with Gasteiger partial charge in [-0.05, 0) is 23.3 Å². The van der Waals surface area contributed by atoms with E-state index >= 15 is 0 Å². The van der Waals surface area contributed by atoms with Crippen molar-refractivity contribution in [3.05, 3.63) is 83.9 Å². The van der Waals surface area contributed by atoms with Gasteiger partial charge in [-0.1, -0.05) is 42.5 Å². The van der Waals surface area contributed by atoms with E-state index in [9.17, 15) is 0 Å². The second-order valence-electron chi connectivity index (χ2n) is 5.87. The fraction of sp³-hybridized carbons (Fsp3) is 0.211. The number of nitrogens with zero attached hydrogens (tertiary/aromatic N) is 3. The Labute approximate surface area is 137 Å². The van der Waals surface area contributed by atoms with E-state index in [0.717, 1.165) is 23.6 Å². The summed E-state index contributed by atoms with van der Waals surface area (Å²) in [6.07, 6.45) is 3.80. The van der Waals surface area contributed by atoms with E-state index in [4.69, 9.17) is 5.73 Å². The van der Waals surface area contributed by atoms with Crippen LogP contribution in [0.25, 0.3) is 0 Å². The molecule has 2 aromatic carbocycles. The van der Waals surface area contributed by atoms with Gasteiger partial charge in [0.25, 0.3) is 0 Å². The van der Waals surface area contributed by atoms with Crippen molar-refractivity contribution in [2.45, 2.75) is 12.6 Å². The highest BCUT2D eigenvalue weighted by Crippen LogP contribution is 2.23. The van der Waals surface area contributed by atoms with E-state index in [1.54, 1.807) is 0 Å². The number of nitrogens with two attached hydrogens (primary N) is 1. The molecule has 0 radical (unpaired) electrons. The molecule has 0 saturated carbocycles. The second kappa shape index (κ2) is 6.67. The Balaban J connectivity index is 1.87. The minimum atomic E-state index is -0.242. The van der Waals surface area contributed by atoms with Crippen LogP contribution >= 0.6 is 0 Å². The maximum atomic E-state index is 6.48. The molecular weight excluding hydrogens is 284 g/mol. The Morgan fingerprint density at radius 1 is 1.09 bits per heavy atom. The quantitative estimate of drug-likeness (QED) is 0.788. The van der Waals surface area contributed by atoms with Crippen molar-refractivity contribution in [3.8, 4) is 0 Å². The largest absolute Gasteiger partial charge is 0.378 e. The van der Waals surface area contributed by atoms with Crippen molar-refractivity contribution < 1.29 is 0 Å². The van der Waals surface area contributed by atoms with Gasteiger partial charge in [-0.3, -0.25) is 0 Å². The molecule has 0 aliphatic heterocycles. The van der Waals surface area contributed by atoms with Gasteiger partial charge in [0.15, 0.2) is 0 Å². The molecule has 2 N–H and O–H groups in total. The van der Waals surface area contributed by atoms with E-state index in [1.165, 1.54) is 5.56 Å². The summed E-state index contributed by atoms with van der Waals surface area (Å²) in [6.45, 7) is 0.775. The Kier molecular flexibility index (Phi) is 4.44. The SMILES string of the molecule is CN(C)c1cccc(C(N)c2nccn2Cc2ccccc2)c1. The number of hydrogen-bond acceptors (Lipinski definition) is 3. The average molecular weight is 306 g/mol. The van der Waals surface area contributed by atoms with Crippen LogP contribution in [-0.2, 0) is 6.54 Å². The average Bonchev–Trinajstić information content (AvgIpc) is 3.03. The van der Waals surface area contributed by atoms with Crippen LogP contribution in [-0.4, -0.2) is 23.6 Å². The zero-order valence-electron chi connectivity index (χ0n) is 13.6. The minimum Gasteiger partial charge on any atom is -0.378 e. The summed E-state index contributed by atoms with van der Waals surface area (Å²) in [4.78, 5) is 6.56. The van der Waals surface area contributed by atoms with Gasteiger partial charge in [0, 0.05) is 38.7 Å². The number of anilines is 1. The molecule has 0 fully saturated rings. The minimum absolute atomic E-state index is 0.242. The number of benzene rings is 2. The van der Waals surface area contributed by atoms with Crippen LogP contribution in [0.5, 0.6) is 0 Å². The van der Waals surface area contributed by atoms with Gasteiger partial charge in [-0.15, -0.1) is 0 Å². The number of imidazole rings is 1. The Hall–Kier alpha value is -2.59. The molecule has 1 atom stereocenters. The lowest BCUT2D eigenvalue weighted by atomic mass is 10.1. The first-order valence-corrected chi connectivity index (χ1v) is 7.73. The molecule has 23 heavy (non-hydrogen) atoms. The topological polar surface area (TPSA) is 47.1 Å². The highest BCUT2D eigenvalue weighted by molar-refractivity contribution is 5.48. The first kappa shape index (κ1) is 15.3. The number of hydrogen-bond donors (Lipinski definition) is 1. The van der Waals surface area contributed by atoms with E-state index in [0.29, 0.717) is 0 Å². The van der Waals surface area contributed by atoms with Crippen molar-refractivity contribution >= 4 is 5.69 Å². The molecule has 118 valence electrons. The van der Waals surface area contributed by atoms with Crippen molar-refractivity contribution in [2.75, 3.05) is 19.0 Å². The van der Waals surface area contributed by atoms with Crippen LogP contribution in [0.3, 0.4) is 0 Å². The molecule has 0 saturated heterocycles. The standard InChI is InChI=1S/C19H22N4/c1-22(2)17-10-6-9-16(13-17)18(20)19-21-11-12-23(19)14-15-7-4-3-5-8-15/h3-13,18H,14,20H2,1-2H3. The zero-order valence-corrected chi connectivity index (χ0v) is 13.6. The lowest BCUT2D eigenvalue weighted by Gasteiger charge is -2.18. The summed E-state index contributed by atoms with van der Waals surface area (Å²) in [5.74, 6) is 0.879. The molecular formula is C19H22N4. The van der Waals surface area contributed by atoms with E-state index in [1.807, 2.05) is 50.8 Å². The third-order valence-corrected chi connectivity index (χ3v) is 3.97. The predicted molar refractivity (Wildman–Crippen MR) is 94.6 cm³/mol. The summed E-state index contributed by atoms with van der Waals surface area (Å²) in [5, 5.41) is 0. The van der Waals surface area contributed by atoms with Crippen LogP contribution in [0.4, 0.5) is 5.69 Å². The van der Waals surface area contributed by atoms with Crippen LogP contribution in [0, 0.1) is 0 Å². The van der Waals surface area contributed by atoms with E-state index in [2.05, 4.69) is 44.8 Å². The van der Waals surface area contributed by atoms with Gasteiger partial charge < -0.3 is 15.2 Å². The monoisotopic (exact) mass is 306 g/mol. The third kappa shape index (κ3) is 3.43.